The second-order valence-electron chi connectivity index (χ2n) is 7.62. The zero-order chi connectivity index (χ0) is 21.3. The molecule has 29 heavy (non-hydrogen) atoms. The molecule has 0 aromatic heterocycles. The Kier molecular flexibility index (Phi) is 7.95. The first-order valence-corrected chi connectivity index (χ1v) is 9.53. The molecule has 0 aliphatic heterocycles. The Morgan fingerprint density at radius 2 is 1.52 bits per heavy atom. The zero-order valence-corrected chi connectivity index (χ0v) is 17.0. The van der Waals surface area contributed by atoms with Crippen molar-refractivity contribution in [1.29, 1.82) is 0 Å². The van der Waals surface area contributed by atoms with E-state index in [2.05, 4.69) is 5.32 Å². The van der Waals surface area contributed by atoms with Crippen LogP contribution in [0.25, 0.3) is 0 Å². The van der Waals surface area contributed by atoms with Crippen molar-refractivity contribution in [2.45, 2.75) is 51.9 Å². The largest absolute Gasteiger partial charge is 0.459 e. The van der Waals surface area contributed by atoms with Crippen LogP contribution in [-0.4, -0.2) is 29.5 Å². The molecular weight excluding hydrogens is 370 g/mol. The van der Waals surface area contributed by atoms with Gasteiger partial charge in [-0.2, -0.15) is 0 Å². The van der Waals surface area contributed by atoms with Crippen molar-refractivity contribution >= 4 is 17.8 Å². The molecule has 0 saturated heterocycles. The van der Waals surface area contributed by atoms with E-state index in [1.165, 1.54) is 0 Å². The van der Waals surface area contributed by atoms with E-state index in [1.54, 1.807) is 45.0 Å². The van der Waals surface area contributed by atoms with Gasteiger partial charge in [0.05, 0.1) is 0 Å². The highest BCUT2D eigenvalue weighted by atomic mass is 16.6. The molecule has 2 aromatic rings. The molecule has 0 radical (unpaired) electrons. The number of Topliss-reactive ketones (excluding diaryl/α,β-unsaturated/α-hetero) is 1. The normalized spacial score (nSPS) is 12.0. The van der Waals surface area contributed by atoms with E-state index in [4.69, 9.17) is 9.47 Å². The van der Waals surface area contributed by atoms with Crippen LogP contribution in [-0.2, 0) is 20.9 Å². The lowest BCUT2D eigenvalue weighted by Crippen LogP contribution is -2.44. The van der Waals surface area contributed by atoms with Gasteiger partial charge in [-0.3, -0.25) is 4.79 Å². The molecule has 0 spiro atoms. The number of amides is 1. The lowest BCUT2D eigenvalue weighted by molar-refractivity contribution is -0.147. The van der Waals surface area contributed by atoms with E-state index in [0.717, 1.165) is 5.56 Å². The van der Waals surface area contributed by atoms with E-state index in [9.17, 15) is 14.4 Å². The van der Waals surface area contributed by atoms with E-state index in [0.29, 0.717) is 5.56 Å². The van der Waals surface area contributed by atoms with Crippen molar-refractivity contribution in [2.24, 2.45) is 0 Å². The number of esters is 1. The number of nitrogens with one attached hydrogen (secondary N) is 1. The summed E-state index contributed by atoms with van der Waals surface area (Å²) in [4.78, 5) is 37.1. The first-order chi connectivity index (χ1) is 13.7. The van der Waals surface area contributed by atoms with E-state index in [-0.39, 0.29) is 25.2 Å². The minimum absolute atomic E-state index is 0.0821. The number of benzene rings is 2. The Balaban J connectivity index is 2.00. The minimum Gasteiger partial charge on any atom is -0.459 e. The number of carbonyl (C=O) groups is 3. The molecule has 154 valence electrons. The molecule has 1 atom stereocenters. The number of ether oxygens (including phenoxy) is 2. The summed E-state index contributed by atoms with van der Waals surface area (Å²) in [6.07, 6.45) is -0.530. The maximum absolute atomic E-state index is 12.6. The van der Waals surface area contributed by atoms with Crippen LogP contribution in [0.5, 0.6) is 0 Å². The first-order valence-electron chi connectivity index (χ1n) is 9.53. The van der Waals surface area contributed by atoms with Crippen LogP contribution in [0.15, 0.2) is 60.7 Å². The first kappa shape index (κ1) is 22.1. The number of ketones is 1. The van der Waals surface area contributed by atoms with Gasteiger partial charge in [0.2, 0.25) is 0 Å². The van der Waals surface area contributed by atoms with Crippen LogP contribution < -0.4 is 5.32 Å². The van der Waals surface area contributed by atoms with Gasteiger partial charge in [-0.25, -0.2) is 9.59 Å². The summed E-state index contributed by atoms with van der Waals surface area (Å²) < 4.78 is 10.6. The van der Waals surface area contributed by atoms with Crippen molar-refractivity contribution < 1.29 is 23.9 Å². The Labute approximate surface area is 171 Å². The molecule has 1 amide bonds. The third-order valence-electron chi connectivity index (χ3n) is 3.96. The van der Waals surface area contributed by atoms with E-state index < -0.39 is 23.7 Å². The summed E-state index contributed by atoms with van der Waals surface area (Å²) in [6, 6.07) is 17.1. The maximum Gasteiger partial charge on any atom is 0.408 e. The summed E-state index contributed by atoms with van der Waals surface area (Å²) >= 11 is 0. The quantitative estimate of drug-likeness (QED) is 0.531. The monoisotopic (exact) mass is 397 g/mol. The average Bonchev–Trinajstić information content (AvgIpc) is 2.69. The second-order valence-corrected chi connectivity index (χ2v) is 7.62. The van der Waals surface area contributed by atoms with Crippen LogP contribution in [0.2, 0.25) is 0 Å². The summed E-state index contributed by atoms with van der Waals surface area (Å²) in [5, 5.41) is 2.53. The lowest BCUT2D eigenvalue weighted by atomic mass is 10.0. The molecule has 0 bridgehead atoms. The van der Waals surface area contributed by atoms with Gasteiger partial charge in [-0.05, 0) is 32.8 Å². The van der Waals surface area contributed by atoms with Gasteiger partial charge in [0.15, 0.2) is 5.78 Å². The van der Waals surface area contributed by atoms with Crippen molar-refractivity contribution in [3.63, 3.8) is 0 Å². The van der Waals surface area contributed by atoms with Crippen molar-refractivity contribution in [1.82, 2.24) is 5.32 Å². The van der Waals surface area contributed by atoms with Crippen LogP contribution in [0.3, 0.4) is 0 Å². The van der Waals surface area contributed by atoms with Gasteiger partial charge in [-0.15, -0.1) is 0 Å². The Morgan fingerprint density at radius 1 is 0.931 bits per heavy atom. The average molecular weight is 397 g/mol. The standard InChI is InChI=1S/C23H27NO5/c1-23(2,3)29-22(27)24-19(14-15-20(25)18-12-8-5-9-13-18)21(26)28-16-17-10-6-4-7-11-17/h4-13,19H,14-16H2,1-3H3,(H,24,27)/t19-/m1/s1. The molecule has 2 rings (SSSR count). The SMILES string of the molecule is CC(C)(C)OC(=O)N[C@H](CCC(=O)c1ccccc1)C(=O)OCc1ccccc1. The molecule has 0 aliphatic rings. The third kappa shape index (κ3) is 8.17. The number of carbonyl (C=O) groups excluding carboxylic acids is 3. The number of hydrogen-bond donors (Lipinski definition) is 1. The van der Waals surface area contributed by atoms with Gasteiger partial charge in [0, 0.05) is 12.0 Å². The fourth-order valence-electron chi connectivity index (χ4n) is 2.57. The number of alkyl carbamates (subject to hydrolysis) is 1. The van der Waals surface area contributed by atoms with Gasteiger partial charge < -0.3 is 14.8 Å². The molecule has 0 heterocycles. The van der Waals surface area contributed by atoms with Crippen molar-refractivity contribution in [3.8, 4) is 0 Å². The fraction of sp³-hybridized carbons (Fsp3) is 0.348. The van der Waals surface area contributed by atoms with E-state index in [1.807, 2.05) is 36.4 Å². The number of rotatable bonds is 8. The molecular formula is C23H27NO5. The van der Waals surface area contributed by atoms with Gasteiger partial charge >= 0.3 is 12.1 Å². The van der Waals surface area contributed by atoms with Crippen LogP contribution in [0, 0.1) is 0 Å². The highest BCUT2D eigenvalue weighted by molar-refractivity contribution is 5.96. The Hall–Kier alpha value is -3.15. The summed E-state index contributed by atoms with van der Waals surface area (Å²) in [7, 11) is 0. The molecule has 6 nitrogen and oxygen atoms in total. The summed E-state index contributed by atoms with van der Waals surface area (Å²) in [6.45, 7) is 5.27. The summed E-state index contributed by atoms with van der Waals surface area (Å²) in [5.74, 6) is -0.724. The van der Waals surface area contributed by atoms with Gasteiger partial charge in [0.25, 0.3) is 0 Å². The van der Waals surface area contributed by atoms with Crippen LogP contribution in [0.4, 0.5) is 4.79 Å². The zero-order valence-electron chi connectivity index (χ0n) is 17.0. The Bertz CT molecular complexity index is 812. The van der Waals surface area contributed by atoms with Crippen LogP contribution >= 0.6 is 0 Å². The van der Waals surface area contributed by atoms with E-state index >= 15 is 0 Å². The lowest BCUT2D eigenvalue weighted by Gasteiger charge is -2.23. The number of hydrogen-bond acceptors (Lipinski definition) is 5. The Morgan fingerprint density at radius 3 is 2.10 bits per heavy atom. The van der Waals surface area contributed by atoms with Crippen molar-refractivity contribution in [3.05, 3.63) is 71.8 Å². The molecule has 2 aromatic carbocycles. The topological polar surface area (TPSA) is 81.7 Å². The molecule has 0 aliphatic carbocycles. The van der Waals surface area contributed by atoms with Gasteiger partial charge in [0.1, 0.15) is 18.2 Å². The maximum atomic E-state index is 12.6. The highest BCUT2D eigenvalue weighted by Gasteiger charge is 2.26. The minimum atomic E-state index is -0.985. The second kappa shape index (κ2) is 10.4. The highest BCUT2D eigenvalue weighted by Crippen LogP contribution is 2.12. The fourth-order valence-corrected chi connectivity index (χ4v) is 2.57. The van der Waals surface area contributed by atoms with Crippen molar-refractivity contribution in [2.75, 3.05) is 0 Å². The third-order valence-corrected chi connectivity index (χ3v) is 3.96. The smallest absolute Gasteiger partial charge is 0.408 e. The summed E-state index contributed by atoms with van der Waals surface area (Å²) in [5.41, 5.74) is 0.681. The van der Waals surface area contributed by atoms with Gasteiger partial charge in [-0.1, -0.05) is 60.7 Å². The predicted octanol–water partition coefficient (Wildman–Crippen LogP) is 4.29. The molecule has 0 saturated carbocycles. The van der Waals surface area contributed by atoms with Crippen LogP contribution in [0.1, 0.15) is 49.5 Å². The molecule has 0 unspecified atom stereocenters. The molecule has 6 heteroatoms. The molecule has 0 fully saturated rings. The predicted molar refractivity (Wildman–Crippen MR) is 109 cm³/mol. The molecule has 1 N–H and O–H groups in total.